The zero-order chi connectivity index (χ0) is 20.1. The highest BCUT2D eigenvalue weighted by Gasteiger charge is 2.28. The maximum Gasteiger partial charge on any atom is 0.168 e. The van der Waals surface area contributed by atoms with Crippen molar-refractivity contribution in [1.82, 2.24) is 25.1 Å². The minimum absolute atomic E-state index is 0.194. The molecule has 1 unspecified atom stereocenters. The molecule has 1 atom stereocenters. The Balaban J connectivity index is 1.39. The van der Waals surface area contributed by atoms with Gasteiger partial charge in [0.2, 0.25) is 0 Å². The third-order valence-electron chi connectivity index (χ3n) is 5.65. The Kier molecular flexibility index (Phi) is 6.14. The molecule has 1 saturated heterocycles. The highest BCUT2D eigenvalue weighted by Crippen LogP contribution is 2.25. The molecule has 6 nitrogen and oxygen atoms in total. The molecule has 0 aliphatic carbocycles. The summed E-state index contributed by atoms with van der Waals surface area (Å²) in [4.78, 5) is 4.77. The molecule has 1 aliphatic heterocycles. The Morgan fingerprint density at radius 1 is 0.966 bits per heavy atom. The minimum Gasteiger partial charge on any atom is -0.369 e. The van der Waals surface area contributed by atoms with Crippen molar-refractivity contribution in [2.75, 3.05) is 31.1 Å². The lowest BCUT2D eigenvalue weighted by molar-refractivity contribution is 0.169. The normalized spacial score (nSPS) is 16.1. The van der Waals surface area contributed by atoms with Crippen molar-refractivity contribution in [1.29, 1.82) is 0 Å². The zero-order valence-corrected chi connectivity index (χ0v) is 16.8. The number of halogens is 1. The molecule has 2 aromatic carbocycles. The topological polar surface area (TPSA) is 50.1 Å². The van der Waals surface area contributed by atoms with Gasteiger partial charge in [0.25, 0.3) is 0 Å². The van der Waals surface area contributed by atoms with E-state index in [9.17, 15) is 4.39 Å². The third-order valence-corrected chi connectivity index (χ3v) is 5.65. The van der Waals surface area contributed by atoms with Crippen molar-refractivity contribution in [2.24, 2.45) is 0 Å². The summed E-state index contributed by atoms with van der Waals surface area (Å²) in [6.45, 7) is 6.65. The number of rotatable bonds is 7. The Labute approximate surface area is 170 Å². The monoisotopic (exact) mass is 394 g/mol. The van der Waals surface area contributed by atoms with Crippen molar-refractivity contribution < 1.29 is 4.39 Å². The molecule has 0 radical (unpaired) electrons. The number of hydrogen-bond acceptors (Lipinski definition) is 5. The largest absolute Gasteiger partial charge is 0.369 e. The van der Waals surface area contributed by atoms with Crippen LogP contribution in [0.5, 0.6) is 0 Å². The van der Waals surface area contributed by atoms with Crippen LogP contribution < -0.4 is 4.90 Å². The molecule has 2 heterocycles. The molecule has 1 aliphatic rings. The molecule has 0 amide bonds. The van der Waals surface area contributed by atoms with Gasteiger partial charge in [-0.1, -0.05) is 37.3 Å². The first-order chi connectivity index (χ1) is 14.2. The van der Waals surface area contributed by atoms with Gasteiger partial charge in [-0.05, 0) is 53.1 Å². The lowest BCUT2D eigenvalue weighted by Gasteiger charge is -2.39. The van der Waals surface area contributed by atoms with Gasteiger partial charge in [-0.3, -0.25) is 4.90 Å². The van der Waals surface area contributed by atoms with Gasteiger partial charge in [0, 0.05) is 38.4 Å². The van der Waals surface area contributed by atoms with Gasteiger partial charge in [-0.2, -0.15) is 0 Å². The molecule has 7 heteroatoms. The highest BCUT2D eigenvalue weighted by molar-refractivity contribution is 5.46. The average molecular weight is 394 g/mol. The summed E-state index contributed by atoms with van der Waals surface area (Å²) in [6.07, 6.45) is 1.87. The smallest absolute Gasteiger partial charge is 0.168 e. The number of aryl methyl sites for hydroxylation is 2. The van der Waals surface area contributed by atoms with Crippen molar-refractivity contribution in [3.8, 4) is 0 Å². The molecular formula is C22H27FN6. The van der Waals surface area contributed by atoms with Gasteiger partial charge in [0.1, 0.15) is 5.82 Å². The zero-order valence-electron chi connectivity index (χ0n) is 16.8. The molecule has 152 valence electrons. The second kappa shape index (κ2) is 9.13. The molecule has 0 N–H and O–H groups in total. The molecular weight excluding hydrogens is 367 g/mol. The summed E-state index contributed by atoms with van der Waals surface area (Å²) in [5.41, 5.74) is 2.36. The molecule has 3 aromatic rings. The van der Waals surface area contributed by atoms with Crippen molar-refractivity contribution in [3.05, 3.63) is 71.8 Å². The fraction of sp³-hybridized carbons (Fsp3) is 0.409. The first-order valence-corrected chi connectivity index (χ1v) is 10.3. The number of piperazine rings is 1. The molecule has 29 heavy (non-hydrogen) atoms. The second-order valence-corrected chi connectivity index (χ2v) is 7.42. The first kappa shape index (κ1) is 19.5. The maximum absolute atomic E-state index is 13.2. The van der Waals surface area contributed by atoms with Crippen LogP contribution in [0.3, 0.4) is 0 Å². The van der Waals surface area contributed by atoms with E-state index in [1.807, 2.05) is 22.9 Å². The first-order valence-electron chi connectivity index (χ1n) is 10.3. The SMILES string of the molecule is CCC(c1nnnn1CCc1ccccc1)N1CCN(c2ccc(F)cc2)CC1. The molecule has 4 rings (SSSR count). The third kappa shape index (κ3) is 4.62. The van der Waals surface area contributed by atoms with Gasteiger partial charge in [0.15, 0.2) is 5.82 Å². The minimum atomic E-state index is -0.194. The number of tetrazole rings is 1. The van der Waals surface area contributed by atoms with Crippen LogP contribution in [-0.2, 0) is 13.0 Å². The molecule has 0 spiro atoms. The Hall–Kier alpha value is -2.80. The van der Waals surface area contributed by atoms with E-state index in [0.717, 1.165) is 57.1 Å². The van der Waals surface area contributed by atoms with Crippen LogP contribution in [0.1, 0.15) is 30.8 Å². The van der Waals surface area contributed by atoms with Crippen LogP contribution in [-0.4, -0.2) is 51.3 Å². The van der Waals surface area contributed by atoms with Gasteiger partial charge in [0.05, 0.1) is 6.04 Å². The molecule has 0 bridgehead atoms. The van der Waals surface area contributed by atoms with E-state index in [0.29, 0.717) is 0 Å². The molecule has 1 fully saturated rings. The van der Waals surface area contributed by atoms with Gasteiger partial charge >= 0.3 is 0 Å². The van der Waals surface area contributed by atoms with Crippen LogP contribution in [0.4, 0.5) is 10.1 Å². The van der Waals surface area contributed by atoms with Crippen LogP contribution in [0.2, 0.25) is 0 Å². The summed E-state index contributed by atoms with van der Waals surface area (Å²) >= 11 is 0. The van der Waals surface area contributed by atoms with Gasteiger partial charge in [-0.25, -0.2) is 9.07 Å². The fourth-order valence-electron chi connectivity index (χ4n) is 4.04. The highest BCUT2D eigenvalue weighted by atomic mass is 19.1. The van der Waals surface area contributed by atoms with Gasteiger partial charge < -0.3 is 4.90 Å². The van der Waals surface area contributed by atoms with E-state index in [1.165, 1.54) is 17.7 Å². The Morgan fingerprint density at radius 3 is 2.38 bits per heavy atom. The van der Waals surface area contributed by atoms with E-state index < -0.39 is 0 Å². The second-order valence-electron chi connectivity index (χ2n) is 7.42. The number of aromatic nitrogens is 4. The van der Waals surface area contributed by atoms with Crippen LogP contribution in [0.15, 0.2) is 54.6 Å². The van der Waals surface area contributed by atoms with Crippen LogP contribution in [0, 0.1) is 5.82 Å². The number of benzene rings is 2. The quantitative estimate of drug-likeness (QED) is 0.615. The van der Waals surface area contributed by atoms with Crippen LogP contribution in [0.25, 0.3) is 0 Å². The predicted octanol–water partition coefficient (Wildman–Crippen LogP) is 3.33. The lowest BCUT2D eigenvalue weighted by Crippen LogP contribution is -2.48. The van der Waals surface area contributed by atoms with Crippen molar-refractivity contribution in [2.45, 2.75) is 32.4 Å². The number of nitrogens with zero attached hydrogens (tertiary/aromatic N) is 6. The van der Waals surface area contributed by atoms with E-state index in [-0.39, 0.29) is 11.9 Å². The van der Waals surface area contributed by atoms with Crippen molar-refractivity contribution >= 4 is 5.69 Å². The van der Waals surface area contributed by atoms with Crippen molar-refractivity contribution in [3.63, 3.8) is 0 Å². The molecule has 1 aromatic heterocycles. The van der Waals surface area contributed by atoms with Crippen LogP contribution >= 0.6 is 0 Å². The summed E-state index contributed by atoms with van der Waals surface area (Å²) in [5.74, 6) is 0.749. The van der Waals surface area contributed by atoms with E-state index in [4.69, 9.17) is 0 Å². The predicted molar refractivity (Wildman–Crippen MR) is 111 cm³/mol. The molecule has 0 saturated carbocycles. The Bertz CT molecular complexity index is 887. The summed E-state index contributed by atoms with van der Waals surface area (Å²) in [6, 6.07) is 17.4. The van der Waals surface area contributed by atoms with E-state index >= 15 is 0 Å². The lowest BCUT2D eigenvalue weighted by atomic mass is 10.1. The van der Waals surface area contributed by atoms with E-state index in [2.05, 4.69) is 56.5 Å². The average Bonchev–Trinajstić information content (AvgIpc) is 3.23. The summed E-state index contributed by atoms with van der Waals surface area (Å²) in [5, 5.41) is 12.6. The van der Waals surface area contributed by atoms with Gasteiger partial charge in [-0.15, -0.1) is 5.10 Å². The van der Waals surface area contributed by atoms with E-state index in [1.54, 1.807) is 0 Å². The number of anilines is 1. The standard InChI is InChI=1S/C22H27FN6/c1-2-21(22-24-25-26-29(22)13-12-18-6-4-3-5-7-18)28-16-14-27(15-17-28)20-10-8-19(23)9-11-20/h3-11,21H,2,12-17H2,1H3. The fourth-order valence-corrected chi connectivity index (χ4v) is 4.04. The summed E-state index contributed by atoms with van der Waals surface area (Å²) in [7, 11) is 0. The Morgan fingerprint density at radius 2 is 1.69 bits per heavy atom. The number of hydrogen-bond donors (Lipinski definition) is 0. The summed E-state index contributed by atoms with van der Waals surface area (Å²) < 4.78 is 15.1. The maximum atomic E-state index is 13.2.